The molecule has 1 aromatic carbocycles. The average molecular weight is 1030 g/mol. The van der Waals surface area contributed by atoms with E-state index in [0.29, 0.717) is 40.4 Å². The van der Waals surface area contributed by atoms with E-state index in [1.165, 1.54) is 16.7 Å². The zero-order valence-corrected chi connectivity index (χ0v) is 42.8. The number of thioether (sulfide) groups is 1. The number of thiazole rings is 1. The number of β-lactam (4-membered cyclic amide) rings is 1. The summed E-state index contributed by atoms with van der Waals surface area (Å²) in [6.07, 6.45) is 3.46. The van der Waals surface area contributed by atoms with E-state index < -0.39 is 52.1 Å². The first kappa shape index (κ1) is 50.7. The van der Waals surface area contributed by atoms with Crippen molar-refractivity contribution < 1.29 is 52.3 Å². The van der Waals surface area contributed by atoms with Crippen LogP contribution in [0.15, 0.2) is 75.1 Å². The number of aryl methyl sites for hydroxylation is 1. The number of methoxy groups -OCH3 is 1. The third kappa shape index (κ3) is 13.1. The summed E-state index contributed by atoms with van der Waals surface area (Å²) in [4.78, 5) is 80.9. The second-order valence-corrected chi connectivity index (χ2v) is 22.2. The zero-order chi connectivity index (χ0) is 49.0. The molecule has 0 saturated carbocycles. The Morgan fingerprint density at radius 2 is 1.69 bits per heavy atom. The fourth-order valence-electron chi connectivity index (χ4n) is 6.87. The summed E-state index contributed by atoms with van der Waals surface area (Å²) in [6.45, 7) is 17.3. The first-order valence-corrected chi connectivity index (χ1v) is 24.2. The molecule has 18 nitrogen and oxygen atoms in total. The molecule has 0 spiro atoms. The number of anilines is 1. The third-order valence-corrected chi connectivity index (χ3v) is 12.8. The second-order valence-electron chi connectivity index (χ2n) is 18.8. The molecule has 0 radical (unpaired) electrons. The van der Waals surface area contributed by atoms with E-state index in [1.54, 1.807) is 84.9 Å². The Balaban J connectivity index is 1.24. The summed E-state index contributed by atoms with van der Waals surface area (Å²) >= 11 is 5.89. The Bertz CT molecular complexity index is 2570. The number of fused-ring (bicyclic) bond motifs is 2. The van der Waals surface area contributed by atoms with Gasteiger partial charge in [-0.05, 0) is 108 Å². The van der Waals surface area contributed by atoms with Gasteiger partial charge in [-0.15, -0.1) is 11.8 Å². The molecule has 21 heteroatoms. The van der Waals surface area contributed by atoms with Gasteiger partial charge in [0.1, 0.15) is 61.3 Å². The molecule has 5 heterocycles. The highest BCUT2D eigenvalue weighted by Crippen LogP contribution is 2.41. The van der Waals surface area contributed by atoms with Crippen LogP contribution in [-0.4, -0.2) is 110 Å². The van der Waals surface area contributed by atoms with Crippen molar-refractivity contribution in [2.24, 2.45) is 5.16 Å². The Morgan fingerprint density at radius 3 is 2.34 bits per heavy atom. The highest BCUT2D eigenvalue weighted by atomic mass is 79.9. The Hall–Kier alpha value is -5.67. The van der Waals surface area contributed by atoms with Crippen LogP contribution in [0.5, 0.6) is 5.75 Å². The van der Waals surface area contributed by atoms with Crippen molar-refractivity contribution in [3.8, 4) is 5.75 Å². The smallest absolute Gasteiger partial charge is 0.413 e. The van der Waals surface area contributed by atoms with Gasteiger partial charge >= 0.3 is 18.2 Å². The van der Waals surface area contributed by atoms with Crippen LogP contribution in [0.2, 0.25) is 0 Å². The van der Waals surface area contributed by atoms with Gasteiger partial charge in [-0.2, -0.15) is 4.57 Å². The SMILES string of the molecule is COc1ccc(COC(=O)C2=C(C[n+]3cccc4c3ccn4CCCN(C)C(=O)OC(C)(C)C)CSC3C(NC(=O)/C(=N\OC(C)(C)C)c4nc(NC(=O)OC(C)(C)C)sc4Br)C(=O)N23)cc1. The monoisotopic (exact) mass is 1030 g/mol. The molecule has 2 aliphatic rings. The van der Waals surface area contributed by atoms with Crippen molar-refractivity contribution in [3.05, 3.63) is 81.2 Å². The molecule has 2 aliphatic heterocycles. The van der Waals surface area contributed by atoms with Crippen molar-refractivity contribution in [1.82, 2.24) is 24.7 Å². The van der Waals surface area contributed by atoms with Gasteiger partial charge in [-0.3, -0.25) is 19.8 Å². The fraction of sp³-hybridized carbons (Fsp3) is 0.478. The molecule has 2 unspecified atom stereocenters. The summed E-state index contributed by atoms with van der Waals surface area (Å²) in [5.74, 6) is -0.991. The molecule has 4 aromatic rings. The molecule has 360 valence electrons. The van der Waals surface area contributed by atoms with Crippen LogP contribution in [-0.2, 0) is 53.1 Å². The van der Waals surface area contributed by atoms with Crippen LogP contribution in [0.3, 0.4) is 0 Å². The first-order valence-electron chi connectivity index (χ1n) is 21.5. The molecule has 1 fully saturated rings. The number of amides is 4. The predicted molar refractivity (Wildman–Crippen MR) is 257 cm³/mol. The van der Waals surface area contributed by atoms with E-state index >= 15 is 0 Å². The minimum atomic E-state index is -1.06. The molecular formula is C46H58BrN8O10S2+. The lowest BCUT2D eigenvalue weighted by Gasteiger charge is -2.49. The standard InChI is InChI=1S/C46H57BrN8O10S2/c1-44(2,3)63-42(59)50-41-49-32(36(47)67-41)33(51-65-46(7,8)9)37(56)48-34-38(57)55-35(40(58)62-25-27-15-17-29(61-11)18-16-27)28(26-66-39(34)55)24-54-21-12-14-30-31(54)19-23-53(30)22-13-20-52(10)43(60)64-45(4,5)6/h12,14-19,21,23,34,39H,13,20,22,24-26H2,1-11H3,(H-,48,49,50,56,59)/p+1/b51-33-. The summed E-state index contributed by atoms with van der Waals surface area (Å²) in [6, 6.07) is 12.0. The number of oxime groups is 1. The maximum absolute atomic E-state index is 14.3. The van der Waals surface area contributed by atoms with Crippen molar-refractivity contribution in [2.75, 3.05) is 31.8 Å². The van der Waals surface area contributed by atoms with E-state index in [0.717, 1.165) is 27.9 Å². The molecule has 2 atom stereocenters. The van der Waals surface area contributed by atoms with Gasteiger partial charge < -0.3 is 38.6 Å². The van der Waals surface area contributed by atoms with Crippen molar-refractivity contribution in [3.63, 3.8) is 0 Å². The van der Waals surface area contributed by atoms with Crippen molar-refractivity contribution >= 4 is 90.9 Å². The maximum atomic E-state index is 14.3. The van der Waals surface area contributed by atoms with Gasteiger partial charge in [-0.1, -0.05) is 28.6 Å². The van der Waals surface area contributed by atoms with E-state index in [1.807, 2.05) is 55.9 Å². The number of hydrogen-bond acceptors (Lipinski definition) is 14. The third-order valence-electron chi connectivity index (χ3n) is 9.87. The first-order chi connectivity index (χ1) is 31.4. The Kier molecular flexibility index (Phi) is 15.7. The van der Waals surface area contributed by atoms with E-state index in [-0.39, 0.29) is 41.5 Å². The Labute approximate surface area is 406 Å². The largest absolute Gasteiger partial charge is 0.497 e. The van der Waals surface area contributed by atoms with Gasteiger partial charge in [0.15, 0.2) is 23.6 Å². The van der Waals surface area contributed by atoms with Gasteiger partial charge in [0.25, 0.3) is 11.8 Å². The summed E-state index contributed by atoms with van der Waals surface area (Å²) in [5, 5.41) is 9.03. The average Bonchev–Trinajstić information content (AvgIpc) is 3.82. The van der Waals surface area contributed by atoms with Gasteiger partial charge in [-0.25, -0.2) is 19.4 Å². The molecule has 0 bridgehead atoms. The number of aromatic nitrogens is 3. The zero-order valence-electron chi connectivity index (χ0n) is 39.6. The number of hydrogen-bond donors (Lipinski definition) is 2. The molecular weight excluding hydrogens is 969 g/mol. The number of pyridine rings is 1. The minimum Gasteiger partial charge on any atom is -0.497 e. The molecule has 2 N–H and O–H groups in total. The van der Waals surface area contributed by atoms with Crippen molar-refractivity contribution in [2.45, 2.75) is 117 Å². The normalized spacial score (nSPS) is 16.5. The lowest BCUT2D eigenvalue weighted by atomic mass is 10.0. The van der Waals surface area contributed by atoms with Crippen LogP contribution in [0.4, 0.5) is 14.7 Å². The van der Waals surface area contributed by atoms with Gasteiger partial charge in [0.05, 0.1) is 7.11 Å². The quantitative estimate of drug-likeness (QED) is 0.0300. The highest BCUT2D eigenvalue weighted by Gasteiger charge is 2.55. The summed E-state index contributed by atoms with van der Waals surface area (Å²) in [7, 11) is 3.28. The molecule has 6 rings (SSSR count). The molecule has 4 amide bonds. The number of carbonyl (C=O) groups is 5. The maximum Gasteiger partial charge on any atom is 0.413 e. The molecule has 3 aromatic heterocycles. The predicted octanol–water partition coefficient (Wildman–Crippen LogP) is 7.38. The summed E-state index contributed by atoms with van der Waals surface area (Å²) < 4.78 is 26.5. The topological polar surface area (TPSA) is 196 Å². The highest BCUT2D eigenvalue weighted by molar-refractivity contribution is 9.11. The Morgan fingerprint density at radius 1 is 0.985 bits per heavy atom. The lowest BCUT2D eigenvalue weighted by Crippen LogP contribution is -2.71. The lowest BCUT2D eigenvalue weighted by molar-refractivity contribution is -0.663. The van der Waals surface area contributed by atoms with Crippen LogP contribution in [0.25, 0.3) is 11.0 Å². The van der Waals surface area contributed by atoms with Gasteiger partial charge in [0.2, 0.25) is 5.52 Å². The van der Waals surface area contributed by atoms with Crippen LogP contribution < -0.4 is 19.9 Å². The number of halogens is 1. The van der Waals surface area contributed by atoms with Crippen LogP contribution in [0.1, 0.15) is 80.0 Å². The van der Waals surface area contributed by atoms with Crippen molar-refractivity contribution in [1.29, 1.82) is 0 Å². The molecule has 0 aliphatic carbocycles. The van der Waals surface area contributed by atoms with E-state index in [2.05, 4.69) is 41.3 Å². The summed E-state index contributed by atoms with van der Waals surface area (Å²) in [5.41, 5.74) is 0.989. The number of nitrogens with zero attached hydrogens (tertiary/aromatic N) is 6. The minimum absolute atomic E-state index is 0.0603. The number of ether oxygens (including phenoxy) is 4. The number of esters is 1. The van der Waals surface area contributed by atoms with Crippen LogP contribution >= 0.6 is 39.0 Å². The molecule has 1 saturated heterocycles. The number of carbonyl (C=O) groups excluding carboxylic acids is 5. The van der Waals surface area contributed by atoms with E-state index in [4.69, 9.17) is 23.8 Å². The second kappa shape index (κ2) is 20.7. The van der Waals surface area contributed by atoms with E-state index in [9.17, 15) is 24.0 Å². The van der Waals surface area contributed by atoms with Crippen LogP contribution in [0, 0.1) is 0 Å². The fourth-order valence-corrected chi connectivity index (χ4v) is 9.62. The number of benzene rings is 1. The molecule has 67 heavy (non-hydrogen) atoms. The number of rotatable bonds is 15. The van der Waals surface area contributed by atoms with Gasteiger partial charge in [0, 0.05) is 49.8 Å². The number of nitrogens with one attached hydrogen (secondary N) is 2.